The number of likely N-dealkylation sites (N-methyl/N-ethyl adjacent to an activating group) is 1. The molecule has 2 fully saturated rings. The fourth-order valence-electron chi connectivity index (χ4n) is 2.73. The van der Waals surface area contributed by atoms with Crippen molar-refractivity contribution in [2.75, 3.05) is 33.3 Å². The van der Waals surface area contributed by atoms with Crippen molar-refractivity contribution in [3.05, 3.63) is 0 Å². The maximum absolute atomic E-state index is 13.1. The van der Waals surface area contributed by atoms with Crippen molar-refractivity contribution in [1.29, 1.82) is 0 Å². The van der Waals surface area contributed by atoms with Gasteiger partial charge >= 0.3 is 0 Å². The van der Waals surface area contributed by atoms with E-state index >= 15 is 0 Å². The monoisotopic (exact) mass is 276 g/mol. The van der Waals surface area contributed by atoms with Crippen molar-refractivity contribution in [2.45, 2.75) is 37.7 Å². The molecular formula is C13H22F2N2O2. The Kier molecular flexibility index (Phi) is 4.73. The van der Waals surface area contributed by atoms with E-state index in [0.717, 1.165) is 13.1 Å². The third kappa shape index (κ3) is 4.11. The molecule has 0 radical (unpaired) electrons. The number of morpholine rings is 1. The van der Waals surface area contributed by atoms with Crippen LogP contribution in [0.3, 0.4) is 0 Å². The Bertz CT molecular complexity index is 310. The van der Waals surface area contributed by atoms with E-state index in [4.69, 9.17) is 4.74 Å². The fraction of sp³-hybridized carbons (Fsp3) is 0.923. The van der Waals surface area contributed by atoms with E-state index in [1.807, 2.05) is 0 Å². The molecule has 1 N–H and O–H groups in total. The molecule has 1 amide bonds. The molecule has 6 heteroatoms. The Morgan fingerprint density at radius 2 is 2.11 bits per heavy atom. The number of halogens is 2. The van der Waals surface area contributed by atoms with Crippen molar-refractivity contribution in [3.63, 3.8) is 0 Å². The maximum Gasteiger partial charge on any atom is 0.248 e. The van der Waals surface area contributed by atoms with E-state index in [1.165, 1.54) is 0 Å². The number of carbonyl (C=O) groups excluding carboxylic acids is 1. The van der Waals surface area contributed by atoms with Crippen LogP contribution in [-0.2, 0) is 9.53 Å². The first-order valence-electron chi connectivity index (χ1n) is 6.93. The van der Waals surface area contributed by atoms with E-state index in [2.05, 4.69) is 5.32 Å². The summed E-state index contributed by atoms with van der Waals surface area (Å²) in [5.74, 6) is -2.85. The van der Waals surface area contributed by atoms with Crippen LogP contribution in [0.15, 0.2) is 0 Å². The number of nitrogens with one attached hydrogen (secondary N) is 1. The van der Waals surface area contributed by atoms with E-state index in [9.17, 15) is 13.6 Å². The fourth-order valence-corrected chi connectivity index (χ4v) is 2.73. The summed E-state index contributed by atoms with van der Waals surface area (Å²) in [6.45, 7) is 2.76. The number of hydrogen-bond donors (Lipinski definition) is 1. The smallest absolute Gasteiger partial charge is 0.248 e. The summed E-state index contributed by atoms with van der Waals surface area (Å²) in [5, 5.41) is 3.21. The number of rotatable bonds is 3. The molecule has 1 saturated heterocycles. The third-order valence-electron chi connectivity index (χ3n) is 3.92. The number of ether oxygens (including phenoxy) is 1. The molecular weight excluding hydrogens is 254 g/mol. The maximum atomic E-state index is 13.1. The predicted molar refractivity (Wildman–Crippen MR) is 67.2 cm³/mol. The van der Waals surface area contributed by atoms with Crippen LogP contribution in [0.25, 0.3) is 0 Å². The minimum Gasteiger partial charge on any atom is -0.374 e. The second kappa shape index (κ2) is 6.13. The van der Waals surface area contributed by atoms with Crippen molar-refractivity contribution in [3.8, 4) is 0 Å². The average Bonchev–Trinajstić information content (AvgIpc) is 2.39. The first-order valence-corrected chi connectivity index (χ1v) is 6.93. The summed E-state index contributed by atoms with van der Waals surface area (Å²) in [5.41, 5.74) is 0. The molecule has 2 rings (SSSR count). The van der Waals surface area contributed by atoms with Gasteiger partial charge in [-0.15, -0.1) is 0 Å². The van der Waals surface area contributed by atoms with Crippen LogP contribution in [0.4, 0.5) is 8.78 Å². The van der Waals surface area contributed by atoms with Crippen LogP contribution >= 0.6 is 0 Å². The third-order valence-corrected chi connectivity index (χ3v) is 3.92. The van der Waals surface area contributed by atoms with Crippen LogP contribution < -0.4 is 5.32 Å². The number of nitrogens with zero attached hydrogens (tertiary/aromatic N) is 1. The number of amides is 1. The topological polar surface area (TPSA) is 41.6 Å². The SMILES string of the molecule is CN(CC1CNCCO1)C(=O)C1CCC(F)(F)CC1. The summed E-state index contributed by atoms with van der Waals surface area (Å²) in [7, 11) is 1.73. The second-order valence-electron chi connectivity index (χ2n) is 5.55. The zero-order chi connectivity index (χ0) is 13.9. The standard InChI is InChI=1S/C13H22F2N2O2/c1-17(9-11-8-16-6-7-19-11)12(18)10-2-4-13(14,15)5-3-10/h10-11,16H,2-9H2,1H3. The van der Waals surface area contributed by atoms with Crippen molar-refractivity contribution < 1.29 is 18.3 Å². The lowest BCUT2D eigenvalue weighted by molar-refractivity contribution is -0.140. The van der Waals surface area contributed by atoms with Gasteiger partial charge in [0.15, 0.2) is 0 Å². The van der Waals surface area contributed by atoms with E-state index < -0.39 is 5.92 Å². The summed E-state index contributed by atoms with van der Waals surface area (Å²) in [6.07, 6.45) is 0.255. The Hall–Kier alpha value is -0.750. The minimum atomic E-state index is -2.58. The first-order chi connectivity index (χ1) is 8.98. The van der Waals surface area contributed by atoms with Gasteiger partial charge < -0.3 is 15.0 Å². The van der Waals surface area contributed by atoms with Crippen LogP contribution in [0.1, 0.15) is 25.7 Å². The van der Waals surface area contributed by atoms with Crippen molar-refractivity contribution >= 4 is 5.91 Å². The molecule has 110 valence electrons. The van der Waals surface area contributed by atoms with Crippen LogP contribution in [0, 0.1) is 5.92 Å². The molecule has 4 nitrogen and oxygen atoms in total. The highest BCUT2D eigenvalue weighted by molar-refractivity contribution is 5.78. The van der Waals surface area contributed by atoms with Gasteiger partial charge in [-0.1, -0.05) is 0 Å². The van der Waals surface area contributed by atoms with E-state index in [1.54, 1.807) is 11.9 Å². The summed E-state index contributed by atoms with van der Waals surface area (Å²) in [6, 6.07) is 0. The minimum absolute atomic E-state index is 0.00716. The van der Waals surface area contributed by atoms with Crippen LogP contribution in [-0.4, -0.2) is 56.1 Å². The van der Waals surface area contributed by atoms with Crippen LogP contribution in [0.2, 0.25) is 0 Å². The largest absolute Gasteiger partial charge is 0.374 e. The molecule has 19 heavy (non-hydrogen) atoms. The second-order valence-corrected chi connectivity index (χ2v) is 5.55. The van der Waals surface area contributed by atoms with Gasteiger partial charge in [-0.3, -0.25) is 4.79 Å². The van der Waals surface area contributed by atoms with Gasteiger partial charge in [0.25, 0.3) is 0 Å². The molecule has 1 atom stereocenters. The van der Waals surface area contributed by atoms with Crippen molar-refractivity contribution in [2.24, 2.45) is 5.92 Å². The molecule has 0 aromatic heterocycles. The van der Waals surface area contributed by atoms with Gasteiger partial charge in [-0.2, -0.15) is 0 Å². The molecule has 0 bridgehead atoms. The lowest BCUT2D eigenvalue weighted by Crippen LogP contribution is -2.47. The Morgan fingerprint density at radius 3 is 2.68 bits per heavy atom. The van der Waals surface area contributed by atoms with Crippen molar-refractivity contribution in [1.82, 2.24) is 10.2 Å². The molecule has 2 aliphatic rings. The zero-order valence-electron chi connectivity index (χ0n) is 11.3. The predicted octanol–water partition coefficient (Wildman–Crippen LogP) is 1.26. The molecule has 1 heterocycles. The number of carbonyl (C=O) groups is 1. The van der Waals surface area contributed by atoms with Gasteiger partial charge in [0.2, 0.25) is 11.8 Å². The molecule has 1 aliphatic carbocycles. The Balaban J connectivity index is 1.78. The molecule has 1 aliphatic heterocycles. The highest BCUT2D eigenvalue weighted by Gasteiger charge is 2.38. The van der Waals surface area contributed by atoms with Gasteiger partial charge in [0.05, 0.1) is 12.7 Å². The normalized spacial score (nSPS) is 28.1. The first kappa shape index (κ1) is 14.7. The van der Waals surface area contributed by atoms with Gasteiger partial charge in [0, 0.05) is 45.4 Å². The quantitative estimate of drug-likeness (QED) is 0.844. The number of alkyl halides is 2. The Labute approximate surface area is 112 Å². The lowest BCUT2D eigenvalue weighted by Gasteiger charge is -2.33. The molecule has 0 aromatic carbocycles. The summed E-state index contributed by atoms with van der Waals surface area (Å²) >= 11 is 0. The average molecular weight is 276 g/mol. The molecule has 1 saturated carbocycles. The van der Waals surface area contributed by atoms with Gasteiger partial charge in [-0.25, -0.2) is 8.78 Å². The Morgan fingerprint density at radius 1 is 1.42 bits per heavy atom. The lowest BCUT2D eigenvalue weighted by atomic mass is 9.86. The van der Waals surface area contributed by atoms with Crippen LogP contribution in [0.5, 0.6) is 0 Å². The summed E-state index contributed by atoms with van der Waals surface area (Å²) < 4.78 is 31.7. The summed E-state index contributed by atoms with van der Waals surface area (Å²) in [4.78, 5) is 13.8. The van der Waals surface area contributed by atoms with E-state index in [0.29, 0.717) is 26.0 Å². The number of hydrogen-bond acceptors (Lipinski definition) is 3. The van der Waals surface area contributed by atoms with Gasteiger partial charge in [-0.05, 0) is 12.8 Å². The molecule has 1 unspecified atom stereocenters. The highest BCUT2D eigenvalue weighted by atomic mass is 19.3. The highest BCUT2D eigenvalue weighted by Crippen LogP contribution is 2.36. The van der Waals surface area contributed by atoms with E-state index in [-0.39, 0.29) is 30.8 Å². The molecule has 0 aromatic rings. The molecule has 0 spiro atoms. The van der Waals surface area contributed by atoms with Gasteiger partial charge in [0.1, 0.15) is 0 Å². The zero-order valence-corrected chi connectivity index (χ0v) is 11.3.